The molecule has 1 aliphatic rings. The largest absolute Gasteiger partial charge is 0.340 e. The third-order valence-corrected chi connectivity index (χ3v) is 6.08. The topological polar surface area (TPSA) is 98.0 Å². The number of nitrogens with zero attached hydrogens (tertiary/aromatic N) is 2. The van der Waals surface area contributed by atoms with Crippen molar-refractivity contribution in [3.8, 4) is 0 Å². The van der Waals surface area contributed by atoms with Crippen LogP contribution in [0.25, 0.3) is 10.2 Å². The van der Waals surface area contributed by atoms with Gasteiger partial charge in [0.15, 0.2) is 0 Å². The Hall–Kier alpha value is -2.52. The number of nitrogens with one attached hydrogen (secondary N) is 3. The van der Waals surface area contributed by atoms with Gasteiger partial charge in [-0.05, 0) is 36.1 Å². The van der Waals surface area contributed by atoms with Gasteiger partial charge in [-0.25, -0.2) is 9.97 Å². The van der Waals surface area contributed by atoms with E-state index in [0.717, 1.165) is 23.2 Å². The summed E-state index contributed by atoms with van der Waals surface area (Å²) in [6, 6.07) is 8.62. The molecular weight excluding hydrogens is 358 g/mol. The van der Waals surface area contributed by atoms with Crippen LogP contribution in [0.1, 0.15) is 12.8 Å². The lowest BCUT2D eigenvalue weighted by atomic mass is 10.3. The van der Waals surface area contributed by atoms with Crippen molar-refractivity contribution in [3.05, 3.63) is 42.0 Å². The molecular formula is C16H16N5O2S2+. The number of thiophene rings is 1. The Kier molecular flexibility index (Phi) is 4.10. The van der Waals surface area contributed by atoms with E-state index in [4.69, 9.17) is 0 Å². The summed E-state index contributed by atoms with van der Waals surface area (Å²) >= 11 is 1.53. The molecule has 0 spiro atoms. The molecule has 0 atom stereocenters. The van der Waals surface area contributed by atoms with E-state index in [0.29, 0.717) is 23.8 Å². The standard InChI is InChI=1S/C16H15N5O2S2/c22-25(23,21-14-5-2-7-17-14)12-4-1-3-11(9-12)20-15-13-6-8-24-16(13)19-10-18-15/h1,3-4,6,8-10H,2,5,7H2,(H,17,21)(H,18,19,20)/p+1. The van der Waals surface area contributed by atoms with Crippen LogP contribution in [-0.4, -0.2) is 30.8 Å². The molecule has 3 aromatic rings. The Morgan fingerprint density at radius 3 is 2.96 bits per heavy atom. The molecule has 2 aromatic heterocycles. The molecule has 0 bridgehead atoms. The normalized spacial score (nSPS) is 14.5. The average Bonchev–Trinajstić information content (AvgIpc) is 3.26. The van der Waals surface area contributed by atoms with Crippen molar-refractivity contribution in [1.29, 1.82) is 0 Å². The van der Waals surface area contributed by atoms with Gasteiger partial charge in [0.2, 0.25) is 0 Å². The number of hydrogen-bond donors (Lipinski definition) is 3. The van der Waals surface area contributed by atoms with Crippen LogP contribution < -0.4 is 15.0 Å². The van der Waals surface area contributed by atoms with Gasteiger partial charge < -0.3 is 5.32 Å². The number of sulfonamides is 1. The highest BCUT2D eigenvalue weighted by molar-refractivity contribution is 7.90. The van der Waals surface area contributed by atoms with Gasteiger partial charge >= 0.3 is 10.0 Å². The van der Waals surface area contributed by atoms with Gasteiger partial charge in [0.1, 0.15) is 21.9 Å². The number of aromatic nitrogens is 2. The summed E-state index contributed by atoms with van der Waals surface area (Å²) in [5.41, 5.74) is 0.651. The minimum atomic E-state index is -3.61. The minimum absolute atomic E-state index is 0.203. The molecule has 1 aliphatic heterocycles. The van der Waals surface area contributed by atoms with Crippen LogP contribution in [0.4, 0.5) is 11.5 Å². The predicted molar refractivity (Wildman–Crippen MR) is 97.5 cm³/mol. The van der Waals surface area contributed by atoms with Crippen molar-refractivity contribution in [2.24, 2.45) is 0 Å². The second-order valence-electron chi connectivity index (χ2n) is 5.63. The van der Waals surface area contributed by atoms with Crippen LogP contribution in [0, 0.1) is 0 Å². The molecule has 0 fully saturated rings. The Morgan fingerprint density at radius 1 is 1.20 bits per heavy atom. The molecule has 3 N–H and O–H groups in total. The minimum Gasteiger partial charge on any atom is -0.340 e. The summed E-state index contributed by atoms with van der Waals surface area (Å²) in [6.45, 7) is 0.795. The molecule has 128 valence electrons. The van der Waals surface area contributed by atoms with E-state index in [1.165, 1.54) is 17.7 Å². The number of fused-ring (bicyclic) bond motifs is 1. The van der Waals surface area contributed by atoms with Crippen LogP contribution in [0.15, 0.2) is 46.9 Å². The Balaban J connectivity index is 1.62. The van der Waals surface area contributed by atoms with E-state index in [9.17, 15) is 8.42 Å². The van der Waals surface area contributed by atoms with E-state index in [1.807, 2.05) is 11.4 Å². The molecule has 0 saturated carbocycles. The van der Waals surface area contributed by atoms with E-state index in [-0.39, 0.29) is 4.90 Å². The average molecular weight is 374 g/mol. The zero-order chi connectivity index (χ0) is 17.3. The Bertz CT molecular complexity index is 1060. The van der Waals surface area contributed by atoms with Gasteiger partial charge in [-0.2, -0.15) is 13.1 Å². The van der Waals surface area contributed by atoms with Crippen LogP contribution in [-0.2, 0) is 10.0 Å². The lowest BCUT2D eigenvalue weighted by Gasteiger charge is -2.08. The predicted octanol–water partition coefficient (Wildman–Crippen LogP) is 0.986. The smallest absolute Gasteiger partial charge is 0.328 e. The van der Waals surface area contributed by atoms with Gasteiger partial charge in [0, 0.05) is 5.69 Å². The molecule has 0 unspecified atom stereocenters. The number of anilines is 2. The first-order chi connectivity index (χ1) is 12.1. The lowest BCUT2D eigenvalue weighted by Crippen LogP contribution is -2.72. The van der Waals surface area contributed by atoms with Crippen molar-refractivity contribution in [2.45, 2.75) is 17.7 Å². The maximum atomic E-state index is 12.5. The molecule has 0 aliphatic carbocycles. The van der Waals surface area contributed by atoms with Crippen molar-refractivity contribution in [2.75, 3.05) is 11.9 Å². The number of benzene rings is 1. The summed E-state index contributed by atoms with van der Waals surface area (Å²) in [4.78, 5) is 12.6. The summed E-state index contributed by atoms with van der Waals surface area (Å²) in [5.74, 6) is 1.30. The maximum absolute atomic E-state index is 12.5. The van der Waals surface area contributed by atoms with Crippen molar-refractivity contribution in [3.63, 3.8) is 0 Å². The molecule has 1 aromatic carbocycles. The first-order valence-electron chi connectivity index (χ1n) is 7.80. The van der Waals surface area contributed by atoms with E-state index in [2.05, 4.69) is 25.0 Å². The van der Waals surface area contributed by atoms with Gasteiger partial charge in [-0.15, -0.1) is 11.3 Å². The number of amidine groups is 1. The summed E-state index contributed by atoms with van der Waals surface area (Å²) in [6.07, 6.45) is 3.14. The number of hydrogen-bond acceptors (Lipinski definition) is 6. The van der Waals surface area contributed by atoms with Crippen molar-refractivity contribution in [1.82, 2.24) is 14.7 Å². The molecule has 7 nitrogen and oxygen atoms in total. The van der Waals surface area contributed by atoms with Crippen LogP contribution in [0.3, 0.4) is 0 Å². The summed E-state index contributed by atoms with van der Waals surface area (Å²) in [7, 11) is -3.61. The van der Waals surface area contributed by atoms with Crippen LogP contribution in [0.2, 0.25) is 0 Å². The first-order valence-corrected chi connectivity index (χ1v) is 10.2. The molecule has 25 heavy (non-hydrogen) atoms. The highest BCUT2D eigenvalue weighted by Gasteiger charge is 2.24. The van der Waals surface area contributed by atoms with Crippen molar-refractivity contribution >= 4 is 48.9 Å². The Morgan fingerprint density at radius 2 is 2.12 bits per heavy atom. The van der Waals surface area contributed by atoms with E-state index >= 15 is 0 Å². The molecule has 9 heteroatoms. The van der Waals surface area contributed by atoms with Gasteiger partial charge in [-0.3, -0.25) is 4.99 Å². The summed E-state index contributed by atoms with van der Waals surface area (Å²) in [5, 5.41) is 6.03. The van der Waals surface area contributed by atoms with Gasteiger partial charge in [0.25, 0.3) is 5.84 Å². The zero-order valence-electron chi connectivity index (χ0n) is 13.2. The van der Waals surface area contributed by atoms with Crippen molar-refractivity contribution < 1.29 is 13.4 Å². The molecule has 3 heterocycles. The molecule has 0 saturated heterocycles. The second-order valence-corrected chi connectivity index (χ2v) is 8.21. The highest BCUT2D eigenvalue weighted by atomic mass is 32.2. The number of rotatable bonds is 4. The SMILES string of the molecule is O=S(=O)(NC1=[NH+]CCC1)c1cccc(Nc2ncnc3sccc23)c1. The first kappa shape index (κ1) is 16.0. The fourth-order valence-corrected chi connectivity index (χ4v) is 4.56. The fourth-order valence-electron chi connectivity index (χ4n) is 2.67. The van der Waals surface area contributed by atoms with Crippen LogP contribution >= 0.6 is 11.3 Å². The molecule has 4 rings (SSSR count). The third kappa shape index (κ3) is 3.33. The molecule has 0 radical (unpaired) electrons. The zero-order valence-corrected chi connectivity index (χ0v) is 14.8. The summed E-state index contributed by atoms with van der Waals surface area (Å²) < 4.78 is 27.7. The second kappa shape index (κ2) is 6.41. The highest BCUT2D eigenvalue weighted by Crippen LogP contribution is 2.27. The van der Waals surface area contributed by atoms with Gasteiger partial charge in [0.05, 0.1) is 18.4 Å². The Labute approximate surface area is 148 Å². The third-order valence-electron chi connectivity index (χ3n) is 3.87. The van der Waals surface area contributed by atoms with Gasteiger partial charge in [-0.1, -0.05) is 6.07 Å². The maximum Gasteiger partial charge on any atom is 0.328 e. The van der Waals surface area contributed by atoms with E-state index in [1.54, 1.807) is 24.3 Å². The molecule has 0 amide bonds. The monoisotopic (exact) mass is 374 g/mol. The van der Waals surface area contributed by atoms with E-state index < -0.39 is 10.0 Å². The fraction of sp³-hybridized carbons (Fsp3) is 0.188. The van der Waals surface area contributed by atoms with Crippen LogP contribution in [0.5, 0.6) is 0 Å². The quantitative estimate of drug-likeness (QED) is 0.633. The lowest BCUT2D eigenvalue weighted by molar-refractivity contribution is -0.448.